The standard InChI is InChI=1S/C7H16N4.C7H8/c1-3-6(2)10-4-7(9)11-5-8;1-7-5-3-2-4-6-7/h5-6,10H,3-4H2,1-2H3,(H3,8,9,11);2-6H,1H3. The van der Waals surface area contributed by atoms with Crippen molar-refractivity contribution in [2.75, 3.05) is 6.54 Å². The summed E-state index contributed by atoms with van der Waals surface area (Å²) in [7, 11) is 0. The molecule has 1 aromatic rings. The van der Waals surface area contributed by atoms with E-state index in [1.165, 1.54) is 5.56 Å². The molecule has 1 atom stereocenters. The Bertz CT molecular complexity index is 346. The van der Waals surface area contributed by atoms with Gasteiger partial charge in [0.2, 0.25) is 0 Å². The molecule has 0 aliphatic carbocycles. The van der Waals surface area contributed by atoms with E-state index in [1.807, 2.05) is 18.2 Å². The summed E-state index contributed by atoms with van der Waals surface area (Å²) in [6.07, 6.45) is 2.02. The van der Waals surface area contributed by atoms with Crippen LogP contribution in [0.25, 0.3) is 0 Å². The predicted octanol–water partition coefficient (Wildman–Crippen LogP) is 2.33. The normalized spacial score (nSPS) is 12.3. The smallest absolute Gasteiger partial charge is 0.115 e. The van der Waals surface area contributed by atoms with E-state index in [9.17, 15) is 0 Å². The Hall–Kier alpha value is -1.68. The van der Waals surface area contributed by atoms with Crippen molar-refractivity contribution in [3.8, 4) is 0 Å². The molecule has 0 aromatic heterocycles. The zero-order chi connectivity index (χ0) is 13.8. The number of hydrogen-bond donors (Lipinski definition) is 3. The van der Waals surface area contributed by atoms with Gasteiger partial charge in [0.05, 0.1) is 6.54 Å². The minimum absolute atomic E-state index is 0.453. The molecule has 0 aliphatic rings. The first-order valence-electron chi connectivity index (χ1n) is 6.16. The largest absolute Gasteiger partial charge is 0.386 e. The van der Waals surface area contributed by atoms with Gasteiger partial charge in [-0.15, -0.1) is 0 Å². The van der Waals surface area contributed by atoms with E-state index in [1.54, 1.807) is 0 Å². The molecule has 4 nitrogen and oxygen atoms in total. The Morgan fingerprint density at radius 1 is 1.44 bits per heavy atom. The SMILES string of the molecule is CCC(C)NCC(N)=NC=N.Cc1ccccc1. The van der Waals surface area contributed by atoms with E-state index >= 15 is 0 Å². The van der Waals surface area contributed by atoms with E-state index in [2.05, 4.69) is 43.2 Å². The summed E-state index contributed by atoms with van der Waals surface area (Å²) in [5, 5.41) is 9.80. The van der Waals surface area contributed by atoms with Gasteiger partial charge in [0.25, 0.3) is 0 Å². The topological polar surface area (TPSA) is 74.3 Å². The summed E-state index contributed by atoms with van der Waals surface area (Å²) in [5.41, 5.74) is 6.75. The first-order valence-corrected chi connectivity index (χ1v) is 6.16. The van der Waals surface area contributed by atoms with Crippen LogP contribution in [0.2, 0.25) is 0 Å². The van der Waals surface area contributed by atoms with Crippen molar-refractivity contribution in [2.45, 2.75) is 33.2 Å². The van der Waals surface area contributed by atoms with Gasteiger partial charge in [-0.25, -0.2) is 4.99 Å². The number of aliphatic imine (C=N–C) groups is 1. The summed E-state index contributed by atoms with van der Waals surface area (Å²) in [4.78, 5) is 3.60. The predicted molar refractivity (Wildman–Crippen MR) is 79.3 cm³/mol. The molecule has 0 saturated carbocycles. The second-order valence-electron chi connectivity index (χ2n) is 4.09. The molecule has 0 fully saturated rings. The first-order chi connectivity index (χ1) is 8.60. The van der Waals surface area contributed by atoms with Gasteiger partial charge in [-0.05, 0) is 20.3 Å². The van der Waals surface area contributed by atoms with Gasteiger partial charge >= 0.3 is 0 Å². The van der Waals surface area contributed by atoms with Crippen LogP contribution >= 0.6 is 0 Å². The first kappa shape index (κ1) is 16.3. The van der Waals surface area contributed by atoms with Crippen LogP contribution in [-0.4, -0.2) is 24.8 Å². The molecular weight excluding hydrogens is 224 g/mol. The molecule has 0 saturated heterocycles. The van der Waals surface area contributed by atoms with E-state index in [0.717, 1.165) is 12.8 Å². The van der Waals surface area contributed by atoms with Crippen LogP contribution in [0.1, 0.15) is 25.8 Å². The van der Waals surface area contributed by atoms with Crippen molar-refractivity contribution in [3.05, 3.63) is 35.9 Å². The number of hydrogen-bond acceptors (Lipinski definition) is 2. The van der Waals surface area contributed by atoms with Crippen molar-refractivity contribution in [2.24, 2.45) is 10.7 Å². The fraction of sp³-hybridized carbons (Fsp3) is 0.429. The summed E-state index contributed by atoms with van der Waals surface area (Å²) in [5.74, 6) is 0.459. The second-order valence-corrected chi connectivity index (χ2v) is 4.09. The molecular formula is C14H24N4. The molecule has 0 radical (unpaired) electrons. The quantitative estimate of drug-likeness (QED) is 0.552. The lowest BCUT2D eigenvalue weighted by Crippen LogP contribution is -2.34. The summed E-state index contributed by atoms with van der Waals surface area (Å²) >= 11 is 0. The van der Waals surface area contributed by atoms with Crippen LogP contribution in [0, 0.1) is 12.3 Å². The Labute approximate surface area is 110 Å². The molecule has 100 valence electrons. The average Bonchev–Trinajstić information content (AvgIpc) is 2.38. The van der Waals surface area contributed by atoms with Gasteiger partial charge in [0.1, 0.15) is 12.2 Å². The van der Waals surface area contributed by atoms with Crippen molar-refractivity contribution < 1.29 is 0 Å². The molecule has 4 heteroatoms. The van der Waals surface area contributed by atoms with Crippen molar-refractivity contribution in [1.82, 2.24) is 5.32 Å². The molecule has 18 heavy (non-hydrogen) atoms. The number of amidine groups is 1. The van der Waals surface area contributed by atoms with Crippen LogP contribution in [0.4, 0.5) is 0 Å². The zero-order valence-electron chi connectivity index (χ0n) is 11.5. The number of nitrogens with two attached hydrogens (primary N) is 1. The molecule has 0 amide bonds. The Balaban J connectivity index is 0.000000351. The van der Waals surface area contributed by atoms with Gasteiger partial charge < -0.3 is 11.1 Å². The third-order valence-electron chi connectivity index (χ3n) is 2.41. The fourth-order valence-corrected chi connectivity index (χ4v) is 1.09. The van der Waals surface area contributed by atoms with Crippen molar-refractivity contribution in [1.29, 1.82) is 5.41 Å². The molecule has 1 unspecified atom stereocenters. The Kier molecular flexibility index (Phi) is 9.50. The molecule has 1 rings (SSSR count). The van der Waals surface area contributed by atoms with Crippen molar-refractivity contribution >= 4 is 12.2 Å². The van der Waals surface area contributed by atoms with Gasteiger partial charge in [-0.3, -0.25) is 5.41 Å². The number of aryl methyl sites for hydroxylation is 1. The highest BCUT2D eigenvalue weighted by atomic mass is 15.0. The lowest BCUT2D eigenvalue weighted by molar-refractivity contribution is 0.574. The number of nitrogens with zero attached hydrogens (tertiary/aromatic N) is 1. The molecule has 0 aliphatic heterocycles. The molecule has 0 spiro atoms. The van der Waals surface area contributed by atoms with Gasteiger partial charge in [-0.2, -0.15) is 0 Å². The fourth-order valence-electron chi connectivity index (χ4n) is 1.09. The Morgan fingerprint density at radius 2 is 2.06 bits per heavy atom. The van der Waals surface area contributed by atoms with E-state index in [4.69, 9.17) is 11.1 Å². The Morgan fingerprint density at radius 3 is 2.44 bits per heavy atom. The minimum Gasteiger partial charge on any atom is -0.386 e. The summed E-state index contributed by atoms with van der Waals surface area (Å²) < 4.78 is 0. The molecule has 0 bridgehead atoms. The van der Waals surface area contributed by atoms with Gasteiger partial charge in [-0.1, -0.05) is 42.8 Å². The zero-order valence-corrected chi connectivity index (χ0v) is 11.5. The highest BCUT2D eigenvalue weighted by Gasteiger charge is 1.96. The van der Waals surface area contributed by atoms with Crippen LogP contribution in [-0.2, 0) is 0 Å². The van der Waals surface area contributed by atoms with Gasteiger partial charge in [0, 0.05) is 6.04 Å². The van der Waals surface area contributed by atoms with Crippen LogP contribution in [0.15, 0.2) is 35.3 Å². The average molecular weight is 248 g/mol. The number of nitrogens with one attached hydrogen (secondary N) is 2. The maximum Gasteiger partial charge on any atom is 0.115 e. The lowest BCUT2D eigenvalue weighted by atomic mass is 10.2. The lowest BCUT2D eigenvalue weighted by Gasteiger charge is -2.09. The van der Waals surface area contributed by atoms with Crippen LogP contribution in [0.5, 0.6) is 0 Å². The maximum absolute atomic E-state index is 6.64. The van der Waals surface area contributed by atoms with Gasteiger partial charge in [0.15, 0.2) is 0 Å². The highest BCUT2D eigenvalue weighted by Crippen LogP contribution is 1.92. The minimum atomic E-state index is 0.453. The maximum atomic E-state index is 6.64. The number of rotatable bonds is 5. The van der Waals surface area contributed by atoms with E-state index in [0.29, 0.717) is 18.4 Å². The second kappa shape index (κ2) is 10.5. The monoisotopic (exact) mass is 248 g/mol. The highest BCUT2D eigenvalue weighted by molar-refractivity contribution is 5.88. The number of benzene rings is 1. The van der Waals surface area contributed by atoms with Crippen LogP contribution < -0.4 is 11.1 Å². The van der Waals surface area contributed by atoms with Crippen LogP contribution in [0.3, 0.4) is 0 Å². The van der Waals surface area contributed by atoms with Crippen molar-refractivity contribution in [3.63, 3.8) is 0 Å². The summed E-state index contributed by atoms with van der Waals surface area (Å²) in [6.45, 7) is 6.82. The molecule has 1 aromatic carbocycles. The van der Waals surface area contributed by atoms with E-state index in [-0.39, 0.29) is 0 Å². The molecule has 0 heterocycles. The van der Waals surface area contributed by atoms with E-state index < -0.39 is 0 Å². The summed E-state index contributed by atoms with van der Waals surface area (Å²) in [6, 6.07) is 10.7. The molecule has 4 N–H and O–H groups in total. The third-order valence-corrected chi connectivity index (χ3v) is 2.41. The third kappa shape index (κ3) is 9.54.